The number of aromatic nitrogens is 4. The summed E-state index contributed by atoms with van der Waals surface area (Å²) >= 11 is 1.41. The predicted octanol–water partition coefficient (Wildman–Crippen LogP) is 1.25. The van der Waals surface area contributed by atoms with Crippen molar-refractivity contribution < 1.29 is 0 Å². The zero-order chi connectivity index (χ0) is 8.55. The van der Waals surface area contributed by atoms with Crippen molar-refractivity contribution in [2.45, 2.75) is 6.92 Å². The van der Waals surface area contributed by atoms with Gasteiger partial charge in [0.1, 0.15) is 10.7 Å². The summed E-state index contributed by atoms with van der Waals surface area (Å²) < 4.78 is 5.95. The summed E-state index contributed by atoms with van der Waals surface area (Å²) in [5.41, 5.74) is 0.958. The van der Waals surface area contributed by atoms with Crippen LogP contribution in [0.3, 0.4) is 0 Å². The summed E-state index contributed by atoms with van der Waals surface area (Å²) in [7, 11) is 1.88. The average molecular weight is 180 g/mol. The normalized spacial score (nSPS) is 10.5. The first-order chi connectivity index (χ1) is 5.77. The van der Waals surface area contributed by atoms with Gasteiger partial charge in [-0.25, -0.2) is 4.98 Å². The summed E-state index contributed by atoms with van der Waals surface area (Å²) in [5.74, 6) is 0.762. The molecule has 0 aliphatic rings. The van der Waals surface area contributed by atoms with E-state index in [1.807, 2.05) is 20.0 Å². The van der Waals surface area contributed by atoms with Crippen LogP contribution in [-0.2, 0) is 7.05 Å². The summed E-state index contributed by atoms with van der Waals surface area (Å²) in [6.45, 7) is 1.94. The monoisotopic (exact) mass is 180 g/mol. The molecule has 0 aromatic carbocycles. The summed E-state index contributed by atoms with van der Waals surface area (Å²) in [5, 5.41) is 5.02. The molecule has 0 amide bonds. The Morgan fingerprint density at radius 1 is 1.50 bits per heavy atom. The molecule has 2 aromatic heterocycles. The molecular weight excluding hydrogens is 172 g/mol. The van der Waals surface area contributed by atoms with Crippen molar-refractivity contribution in [2.24, 2.45) is 7.05 Å². The highest BCUT2D eigenvalue weighted by atomic mass is 32.1. The highest BCUT2D eigenvalue weighted by Gasteiger charge is 2.06. The van der Waals surface area contributed by atoms with E-state index in [0.29, 0.717) is 0 Å². The molecule has 2 heterocycles. The Balaban J connectivity index is 2.50. The first-order valence-corrected chi connectivity index (χ1v) is 4.33. The van der Waals surface area contributed by atoms with Crippen LogP contribution in [0.25, 0.3) is 11.5 Å². The maximum Gasteiger partial charge on any atom is 0.191 e. The van der Waals surface area contributed by atoms with E-state index in [-0.39, 0.29) is 0 Å². The Labute approximate surface area is 74.0 Å². The molecule has 12 heavy (non-hydrogen) atoms. The number of aryl methyl sites for hydroxylation is 2. The third-order valence-corrected chi connectivity index (χ3v) is 2.20. The van der Waals surface area contributed by atoms with Crippen LogP contribution in [0.5, 0.6) is 0 Å². The van der Waals surface area contributed by atoms with Crippen molar-refractivity contribution in [2.75, 3.05) is 0 Å². The molecule has 5 heteroatoms. The van der Waals surface area contributed by atoms with Crippen LogP contribution in [0.1, 0.15) is 5.01 Å². The van der Waals surface area contributed by atoms with Gasteiger partial charge in [0, 0.05) is 13.2 Å². The minimum absolute atomic E-state index is 0.762. The van der Waals surface area contributed by atoms with Crippen LogP contribution in [0.4, 0.5) is 0 Å². The third kappa shape index (κ3) is 1.12. The summed E-state index contributed by atoms with van der Waals surface area (Å²) in [6, 6.07) is 1.90. The largest absolute Gasteiger partial charge is 0.265 e. The number of nitrogens with zero attached hydrogens (tertiary/aromatic N) is 4. The van der Waals surface area contributed by atoms with Gasteiger partial charge in [-0.3, -0.25) is 4.68 Å². The van der Waals surface area contributed by atoms with Crippen LogP contribution in [-0.4, -0.2) is 19.1 Å². The minimum Gasteiger partial charge on any atom is -0.265 e. The zero-order valence-electron chi connectivity index (χ0n) is 6.85. The Kier molecular flexibility index (Phi) is 1.65. The first-order valence-electron chi connectivity index (χ1n) is 3.56. The average Bonchev–Trinajstić information content (AvgIpc) is 2.58. The van der Waals surface area contributed by atoms with E-state index in [1.165, 1.54) is 11.5 Å². The lowest BCUT2D eigenvalue weighted by atomic mass is 10.4. The van der Waals surface area contributed by atoms with Gasteiger partial charge >= 0.3 is 0 Å². The fraction of sp³-hybridized carbons (Fsp3) is 0.286. The van der Waals surface area contributed by atoms with Crippen molar-refractivity contribution >= 4 is 11.5 Å². The second-order valence-corrected chi connectivity index (χ2v) is 3.43. The van der Waals surface area contributed by atoms with Crippen LogP contribution in [0.2, 0.25) is 0 Å². The van der Waals surface area contributed by atoms with Crippen molar-refractivity contribution in [1.82, 2.24) is 19.1 Å². The molecule has 62 valence electrons. The second kappa shape index (κ2) is 2.67. The lowest BCUT2D eigenvalue weighted by Gasteiger charge is -1.93. The quantitative estimate of drug-likeness (QED) is 0.663. The van der Waals surface area contributed by atoms with Gasteiger partial charge in [0.25, 0.3) is 0 Å². The molecule has 0 fully saturated rings. The lowest BCUT2D eigenvalue weighted by Crippen LogP contribution is -1.94. The molecule has 0 radical (unpaired) electrons. The van der Waals surface area contributed by atoms with Gasteiger partial charge in [-0.1, -0.05) is 0 Å². The van der Waals surface area contributed by atoms with Gasteiger partial charge in [0.05, 0.1) is 0 Å². The Morgan fingerprint density at radius 3 is 2.83 bits per heavy atom. The standard InChI is InChI=1S/C7H8N4S/c1-5-9-7(10-12-5)6-3-4-8-11(6)2/h3-4H,1-2H3. The first kappa shape index (κ1) is 7.42. The zero-order valence-corrected chi connectivity index (χ0v) is 7.67. The molecule has 0 atom stereocenters. The predicted molar refractivity (Wildman–Crippen MR) is 46.8 cm³/mol. The van der Waals surface area contributed by atoms with Crippen molar-refractivity contribution in [3.05, 3.63) is 17.3 Å². The molecule has 0 aliphatic carbocycles. The molecule has 2 rings (SSSR count). The molecule has 0 spiro atoms. The van der Waals surface area contributed by atoms with Crippen LogP contribution >= 0.6 is 11.5 Å². The van der Waals surface area contributed by atoms with Gasteiger partial charge in [-0.2, -0.15) is 9.47 Å². The van der Waals surface area contributed by atoms with E-state index in [9.17, 15) is 0 Å². The Bertz CT molecular complexity index is 390. The fourth-order valence-electron chi connectivity index (χ4n) is 0.997. The maximum absolute atomic E-state index is 4.26. The van der Waals surface area contributed by atoms with Gasteiger partial charge in [0.2, 0.25) is 0 Å². The SMILES string of the molecule is Cc1nc(-c2ccnn2C)ns1. The molecule has 0 bridgehead atoms. The van der Waals surface area contributed by atoms with Crippen LogP contribution < -0.4 is 0 Å². The van der Waals surface area contributed by atoms with E-state index < -0.39 is 0 Å². The maximum atomic E-state index is 4.26. The molecule has 0 saturated carbocycles. The third-order valence-electron chi connectivity index (χ3n) is 1.58. The van der Waals surface area contributed by atoms with Crippen molar-refractivity contribution in [3.63, 3.8) is 0 Å². The number of hydrogen-bond acceptors (Lipinski definition) is 4. The van der Waals surface area contributed by atoms with Crippen LogP contribution in [0.15, 0.2) is 12.3 Å². The number of rotatable bonds is 1. The van der Waals surface area contributed by atoms with E-state index in [1.54, 1.807) is 10.9 Å². The van der Waals surface area contributed by atoms with Gasteiger partial charge < -0.3 is 0 Å². The van der Waals surface area contributed by atoms with E-state index in [4.69, 9.17) is 0 Å². The molecular formula is C7H8N4S. The fourth-order valence-corrected chi connectivity index (χ4v) is 1.48. The smallest absolute Gasteiger partial charge is 0.191 e. The van der Waals surface area contributed by atoms with Crippen molar-refractivity contribution in [1.29, 1.82) is 0 Å². The summed E-state index contributed by atoms with van der Waals surface area (Å²) in [6.07, 6.45) is 1.74. The molecule has 0 aliphatic heterocycles. The van der Waals surface area contributed by atoms with Gasteiger partial charge in [-0.15, -0.1) is 0 Å². The molecule has 4 nitrogen and oxygen atoms in total. The van der Waals surface area contributed by atoms with Gasteiger partial charge in [-0.05, 0) is 24.5 Å². The molecule has 0 unspecified atom stereocenters. The Hall–Kier alpha value is -1.23. The van der Waals surface area contributed by atoms with Crippen molar-refractivity contribution in [3.8, 4) is 11.5 Å². The molecule has 2 aromatic rings. The van der Waals surface area contributed by atoms with Gasteiger partial charge in [0.15, 0.2) is 5.82 Å². The highest BCUT2D eigenvalue weighted by Crippen LogP contribution is 2.15. The van der Waals surface area contributed by atoms with E-state index in [0.717, 1.165) is 16.5 Å². The Morgan fingerprint density at radius 2 is 2.33 bits per heavy atom. The second-order valence-electron chi connectivity index (χ2n) is 2.48. The minimum atomic E-state index is 0.762. The van der Waals surface area contributed by atoms with E-state index >= 15 is 0 Å². The highest BCUT2D eigenvalue weighted by molar-refractivity contribution is 7.05. The molecule has 0 saturated heterocycles. The van der Waals surface area contributed by atoms with E-state index in [2.05, 4.69) is 14.5 Å². The molecule has 0 N–H and O–H groups in total. The summed E-state index contributed by atoms with van der Waals surface area (Å²) in [4.78, 5) is 4.26. The number of hydrogen-bond donors (Lipinski definition) is 0. The lowest BCUT2D eigenvalue weighted by molar-refractivity contribution is 0.771. The topological polar surface area (TPSA) is 43.6 Å². The van der Waals surface area contributed by atoms with Crippen LogP contribution in [0, 0.1) is 6.92 Å².